The van der Waals surface area contributed by atoms with Gasteiger partial charge in [-0.3, -0.25) is 9.69 Å². The number of carbonyl (C=O) groups is 1. The van der Waals surface area contributed by atoms with Gasteiger partial charge in [-0.25, -0.2) is 13.2 Å². The van der Waals surface area contributed by atoms with E-state index in [1.54, 1.807) is 6.07 Å². The minimum Gasteiger partial charge on any atom is -0.461 e. The molecule has 2 aromatic heterocycles. The first-order valence-corrected chi connectivity index (χ1v) is 20.1. The molecule has 10 rings (SSSR count). The fourth-order valence-corrected chi connectivity index (χ4v) is 11.6. The standard InChI is InChI=1S/C39H39ClF3N7O3S/c40-25-12-23-31(30(43)28(25)21-4-5-26(42)33-27(21)24(14-44)34(45)54-33)46-37(53-19-39-8-3-10-50(39)15-20(41)13-39)47-35(23)48-9-2-1-7-38(16-48)17-49(18-38)36(51)29-22-6-11-52-32(22)29/h4-5,12,20,22,29,32H,1-3,6-11,13,15-19,45H2/t20-,22?,29?,32?,39+/m1/s1. The van der Waals surface area contributed by atoms with Crippen molar-refractivity contribution in [3.8, 4) is 23.2 Å². The Kier molecular flexibility index (Phi) is 8.04. The largest absolute Gasteiger partial charge is 0.461 e. The number of amides is 1. The summed E-state index contributed by atoms with van der Waals surface area (Å²) in [5, 5.41) is 10.7. The van der Waals surface area contributed by atoms with E-state index in [-0.39, 0.29) is 78.3 Å². The highest BCUT2D eigenvalue weighted by Gasteiger charge is 2.61. The van der Waals surface area contributed by atoms with Gasteiger partial charge in [0.05, 0.1) is 32.8 Å². The number of nitrogens with two attached hydrogens (primary N) is 1. The van der Waals surface area contributed by atoms with Gasteiger partial charge in [-0.1, -0.05) is 24.1 Å². The number of fused-ring (bicyclic) bond motifs is 4. The van der Waals surface area contributed by atoms with E-state index in [0.717, 1.165) is 63.0 Å². The molecule has 5 saturated heterocycles. The maximum Gasteiger partial charge on any atom is 0.319 e. The molecule has 5 aliphatic heterocycles. The van der Waals surface area contributed by atoms with Crippen LogP contribution in [-0.4, -0.2) is 96.0 Å². The van der Waals surface area contributed by atoms with Gasteiger partial charge in [-0.2, -0.15) is 15.2 Å². The van der Waals surface area contributed by atoms with Crippen molar-refractivity contribution < 1.29 is 27.4 Å². The van der Waals surface area contributed by atoms with Crippen LogP contribution in [0, 0.1) is 40.2 Å². The summed E-state index contributed by atoms with van der Waals surface area (Å²) in [6, 6.07) is 6.28. The molecule has 54 heavy (non-hydrogen) atoms. The van der Waals surface area contributed by atoms with E-state index in [1.807, 2.05) is 4.90 Å². The Bertz CT molecular complexity index is 2270. The first kappa shape index (κ1) is 34.6. The molecule has 1 saturated carbocycles. The number of aromatic nitrogens is 2. The second kappa shape index (κ2) is 12.6. The number of ether oxygens (including phenoxy) is 2. The van der Waals surface area contributed by atoms with E-state index in [9.17, 15) is 14.4 Å². The summed E-state index contributed by atoms with van der Waals surface area (Å²) in [7, 11) is 0. The van der Waals surface area contributed by atoms with Gasteiger partial charge >= 0.3 is 6.01 Å². The number of nitrogen functional groups attached to an aromatic ring is 1. The van der Waals surface area contributed by atoms with Crippen molar-refractivity contribution in [2.45, 2.75) is 62.8 Å². The van der Waals surface area contributed by atoms with E-state index < -0.39 is 23.3 Å². The van der Waals surface area contributed by atoms with Gasteiger partial charge in [-0.05, 0) is 56.3 Å². The topological polar surface area (TPSA) is 121 Å². The number of nitrogens with zero attached hydrogens (tertiary/aromatic N) is 6. The number of likely N-dealkylation sites (tertiary alicyclic amines) is 1. The lowest BCUT2D eigenvalue weighted by Gasteiger charge is -2.51. The number of nitriles is 1. The average Bonchev–Trinajstić information content (AvgIpc) is 3.44. The number of thiophene rings is 1. The monoisotopic (exact) mass is 777 g/mol. The Labute approximate surface area is 318 Å². The van der Waals surface area contributed by atoms with E-state index >= 15 is 8.78 Å². The highest BCUT2D eigenvalue weighted by atomic mass is 35.5. The predicted octanol–water partition coefficient (Wildman–Crippen LogP) is 6.71. The molecule has 6 fully saturated rings. The molecule has 282 valence electrons. The number of alkyl halides is 1. The Balaban J connectivity index is 1.05. The Morgan fingerprint density at radius 3 is 2.81 bits per heavy atom. The smallest absolute Gasteiger partial charge is 0.319 e. The molecule has 3 unspecified atom stereocenters. The first-order chi connectivity index (χ1) is 26.1. The lowest BCUT2D eigenvalue weighted by atomic mass is 9.75. The lowest BCUT2D eigenvalue weighted by Crippen LogP contribution is -2.62. The van der Waals surface area contributed by atoms with Gasteiger partial charge < -0.3 is 25.0 Å². The van der Waals surface area contributed by atoms with Crippen molar-refractivity contribution in [2.24, 2.45) is 17.3 Å². The Morgan fingerprint density at radius 1 is 1.17 bits per heavy atom. The van der Waals surface area contributed by atoms with Gasteiger partial charge in [0.25, 0.3) is 0 Å². The Hall–Kier alpha value is -3.90. The minimum atomic E-state index is -0.949. The summed E-state index contributed by atoms with van der Waals surface area (Å²) < 4.78 is 59.2. The number of benzene rings is 2. The molecule has 5 atom stereocenters. The zero-order valence-electron chi connectivity index (χ0n) is 29.6. The molecule has 10 nitrogen and oxygen atoms in total. The molecule has 15 heteroatoms. The minimum absolute atomic E-state index is 0.0253. The van der Waals surface area contributed by atoms with E-state index in [2.05, 4.69) is 20.9 Å². The van der Waals surface area contributed by atoms with Crippen molar-refractivity contribution in [3.05, 3.63) is 40.4 Å². The highest BCUT2D eigenvalue weighted by Crippen LogP contribution is 2.52. The van der Waals surface area contributed by atoms with Crippen molar-refractivity contribution in [3.63, 3.8) is 0 Å². The molecular formula is C39H39ClF3N7O3S. The third-order valence-corrected chi connectivity index (χ3v) is 14.3. The maximum absolute atomic E-state index is 17.3. The van der Waals surface area contributed by atoms with Gasteiger partial charge in [-0.15, -0.1) is 11.3 Å². The summed E-state index contributed by atoms with van der Waals surface area (Å²) in [6.07, 6.45) is 4.92. The lowest BCUT2D eigenvalue weighted by molar-refractivity contribution is -0.146. The van der Waals surface area contributed by atoms with E-state index in [0.29, 0.717) is 56.3 Å². The van der Waals surface area contributed by atoms with Crippen LogP contribution in [0.3, 0.4) is 0 Å². The fourth-order valence-electron chi connectivity index (χ4n) is 10.4. The molecule has 7 heterocycles. The van der Waals surface area contributed by atoms with Gasteiger partial charge in [0, 0.05) is 73.4 Å². The highest BCUT2D eigenvalue weighted by molar-refractivity contribution is 7.23. The molecular weight excluding hydrogens is 739 g/mol. The van der Waals surface area contributed by atoms with Crippen LogP contribution in [0.1, 0.15) is 50.5 Å². The van der Waals surface area contributed by atoms with Crippen LogP contribution in [0.25, 0.3) is 32.1 Å². The molecule has 1 spiro atoms. The fraction of sp³-hybridized carbons (Fsp3) is 0.538. The SMILES string of the molecule is N#Cc1c(N)sc2c(F)ccc(-c3c(Cl)cc4c(N5CCCCC6(CN(C(=O)C7C8CCOC87)C6)C5)nc(OC[C@@]56CCCN5C[C@H](F)C6)nc4c3F)c12. The number of halogens is 4. The molecule has 2 aromatic carbocycles. The molecule has 1 amide bonds. The molecule has 6 aliphatic rings. The number of rotatable bonds is 6. The van der Waals surface area contributed by atoms with Crippen molar-refractivity contribution >= 4 is 60.7 Å². The number of hydrogen-bond acceptors (Lipinski definition) is 10. The van der Waals surface area contributed by atoms with Gasteiger partial charge in [0.1, 0.15) is 41.0 Å². The van der Waals surface area contributed by atoms with Gasteiger partial charge in [0.15, 0.2) is 5.82 Å². The maximum atomic E-state index is 17.3. The second-order valence-corrected chi connectivity index (χ2v) is 17.7. The van der Waals surface area contributed by atoms with Crippen molar-refractivity contribution in [1.29, 1.82) is 5.26 Å². The van der Waals surface area contributed by atoms with Crippen LogP contribution in [0.15, 0.2) is 18.2 Å². The summed E-state index contributed by atoms with van der Waals surface area (Å²) in [5.41, 5.74) is 5.69. The Morgan fingerprint density at radius 2 is 2.02 bits per heavy atom. The second-order valence-electron chi connectivity index (χ2n) is 16.3. The van der Waals surface area contributed by atoms with E-state index in [4.69, 9.17) is 31.8 Å². The molecule has 0 radical (unpaired) electrons. The molecule has 0 bridgehead atoms. The number of anilines is 2. The summed E-state index contributed by atoms with van der Waals surface area (Å²) in [4.78, 5) is 29.2. The van der Waals surface area contributed by atoms with Crippen LogP contribution >= 0.6 is 22.9 Å². The zero-order valence-corrected chi connectivity index (χ0v) is 31.1. The number of carbonyl (C=O) groups excluding carboxylic acids is 1. The van der Waals surface area contributed by atoms with Crippen molar-refractivity contribution in [2.75, 3.05) is 63.1 Å². The summed E-state index contributed by atoms with van der Waals surface area (Å²) in [6.45, 7) is 4.55. The number of hydrogen-bond donors (Lipinski definition) is 1. The quantitative estimate of drug-likeness (QED) is 0.228. The van der Waals surface area contributed by atoms with Crippen molar-refractivity contribution in [1.82, 2.24) is 19.8 Å². The third kappa shape index (κ3) is 5.28. The van der Waals surface area contributed by atoms with Gasteiger partial charge in [0.2, 0.25) is 5.91 Å². The van der Waals surface area contributed by atoms with Crippen LogP contribution < -0.4 is 15.4 Å². The normalized spacial score (nSPS) is 28.6. The average molecular weight is 778 g/mol. The van der Waals surface area contributed by atoms with Crippen LogP contribution in [-0.2, 0) is 9.53 Å². The summed E-state index contributed by atoms with van der Waals surface area (Å²) >= 11 is 7.89. The molecule has 1 aliphatic carbocycles. The third-order valence-electron chi connectivity index (χ3n) is 13.0. The van der Waals surface area contributed by atoms with Crippen LogP contribution in [0.5, 0.6) is 6.01 Å². The first-order valence-electron chi connectivity index (χ1n) is 18.9. The zero-order chi connectivity index (χ0) is 37.1. The van der Waals surface area contributed by atoms with Crippen LogP contribution in [0.4, 0.5) is 24.0 Å². The molecule has 4 aromatic rings. The summed E-state index contributed by atoms with van der Waals surface area (Å²) in [5.74, 6) is -0.369. The van der Waals surface area contributed by atoms with Crippen LogP contribution in [0.2, 0.25) is 5.02 Å². The molecule has 2 N–H and O–H groups in total. The predicted molar refractivity (Wildman–Crippen MR) is 199 cm³/mol. The van der Waals surface area contributed by atoms with E-state index in [1.165, 1.54) is 12.1 Å².